The second-order valence-electron chi connectivity index (χ2n) is 13.9. The quantitative estimate of drug-likeness (QED) is 0.168. The van der Waals surface area contributed by atoms with Gasteiger partial charge in [0.25, 0.3) is 0 Å². The Balaban J connectivity index is 1.08. The lowest BCUT2D eigenvalue weighted by Gasteiger charge is -2.16. The molecule has 3 aromatic heterocycles. The smallest absolute Gasteiger partial charge is 0.160 e. The van der Waals surface area contributed by atoms with E-state index < -0.39 is 0 Å². The molecule has 4 nitrogen and oxygen atoms in total. The Kier molecular flexibility index (Phi) is 7.14. The minimum atomic E-state index is 0.719. The van der Waals surface area contributed by atoms with Gasteiger partial charge in [0.2, 0.25) is 0 Å². The van der Waals surface area contributed by atoms with Gasteiger partial charge in [0.05, 0.1) is 22.4 Å². The monoisotopic (exact) mass is 701 g/mol. The Morgan fingerprint density at radius 2 is 0.891 bits per heavy atom. The number of aromatic nitrogens is 3. The molecule has 0 unspecified atom stereocenters. The molecule has 0 aliphatic rings. The predicted octanol–water partition coefficient (Wildman–Crippen LogP) is 13.6. The van der Waals surface area contributed by atoms with Crippen molar-refractivity contribution < 1.29 is 4.42 Å². The molecule has 4 heteroatoms. The molecule has 0 fully saturated rings. The van der Waals surface area contributed by atoms with Crippen molar-refractivity contribution in [3.8, 4) is 56.2 Å². The molecule has 8 aromatic carbocycles. The van der Waals surface area contributed by atoms with Gasteiger partial charge in [-0.15, -0.1) is 0 Å². The van der Waals surface area contributed by atoms with Crippen LogP contribution in [0.15, 0.2) is 192 Å². The third kappa shape index (κ3) is 5.19. The zero-order chi connectivity index (χ0) is 36.3. The van der Waals surface area contributed by atoms with E-state index in [9.17, 15) is 0 Å². The SMILES string of the molecule is c1ccc(-c2nc(-c3ccc(-c4cccc(-c5nc6ccccc6c6c(-c7ccccc7)c7c(cc56)oc5ccccc57)c4)cc3)c3ccccc3n2)cc1. The van der Waals surface area contributed by atoms with E-state index >= 15 is 0 Å². The fraction of sp³-hybridized carbons (Fsp3) is 0. The largest absolute Gasteiger partial charge is 0.456 e. The topological polar surface area (TPSA) is 51.8 Å². The second-order valence-corrected chi connectivity index (χ2v) is 13.9. The van der Waals surface area contributed by atoms with Crippen LogP contribution in [0.1, 0.15) is 0 Å². The van der Waals surface area contributed by atoms with Crippen molar-refractivity contribution >= 4 is 54.5 Å². The molecule has 0 N–H and O–H groups in total. The maximum atomic E-state index is 6.59. The Morgan fingerprint density at radius 1 is 0.309 bits per heavy atom. The molecule has 0 radical (unpaired) electrons. The summed E-state index contributed by atoms with van der Waals surface area (Å²) in [6.07, 6.45) is 0. The van der Waals surface area contributed by atoms with Crippen molar-refractivity contribution in [1.82, 2.24) is 15.0 Å². The molecule has 55 heavy (non-hydrogen) atoms. The number of furan rings is 1. The third-order valence-electron chi connectivity index (χ3n) is 10.7. The summed E-state index contributed by atoms with van der Waals surface area (Å²) in [5.74, 6) is 0.719. The molecule has 256 valence electrons. The zero-order valence-corrected chi connectivity index (χ0v) is 29.6. The average molecular weight is 702 g/mol. The van der Waals surface area contributed by atoms with Crippen LogP contribution < -0.4 is 0 Å². The first-order chi connectivity index (χ1) is 27.3. The third-order valence-corrected chi connectivity index (χ3v) is 10.7. The number of benzene rings is 8. The lowest BCUT2D eigenvalue weighted by atomic mass is 9.89. The summed E-state index contributed by atoms with van der Waals surface area (Å²) in [5.41, 5.74) is 13.1. The first-order valence-electron chi connectivity index (χ1n) is 18.5. The number of pyridine rings is 1. The Morgan fingerprint density at radius 3 is 1.67 bits per heavy atom. The molecule has 0 saturated carbocycles. The van der Waals surface area contributed by atoms with Gasteiger partial charge in [0, 0.05) is 54.6 Å². The lowest BCUT2D eigenvalue weighted by Crippen LogP contribution is -1.95. The van der Waals surface area contributed by atoms with Crippen LogP contribution in [0.5, 0.6) is 0 Å². The average Bonchev–Trinajstić information content (AvgIpc) is 3.64. The predicted molar refractivity (Wildman–Crippen MR) is 227 cm³/mol. The molecular weight excluding hydrogens is 671 g/mol. The van der Waals surface area contributed by atoms with Crippen molar-refractivity contribution in [2.24, 2.45) is 0 Å². The second kappa shape index (κ2) is 12.6. The summed E-state index contributed by atoms with van der Waals surface area (Å²) >= 11 is 0. The lowest BCUT2D eigenvalue weighted by molar-refractivity contribution is 0.669. The number of nitrogens with zero attached hydrogens (tertiary/aromatic N) is 3. The summed E-state index contributed by atoms with van der Waals surface area (Å²) < 4.78 is 6.59. The molecule has 0 atom stereocenters. The van der Waals surface area contributed by atoms with Crippen LogP contribution in [0.4, 0.5) is 0 Å². The van der Waals surface area contributed by atoms with Crippen LogP contribution >= 0.6 is 0 Å². The number of para-hydroxylation sites is 3. The standard InChI is InChI=1S/C51H31N3O/c1-3-14-33(15-4-1)46-47-38-20-7-10-23-42(38)52-50(41(47)31-45-48(46)40-22-9-12-25-44(40)55-45)37-19-13-18-36(30-37)32-26-28-34(29-27-32)49-39-21-8-11-24-43(39)53-51(54-49)35-16-5-2-6-17-35/h1-31H. The van der Waals surface area contributed by atoms with E-state index in [2.05, 4.69) is 152 Å². The van der Waals surface area contributed by atoms with Crippen LogP contribution in [0.2, 0.25) is 0 Å². The van der Waals surface area contributed by atoms with E-state index in [1.54, 1.807) is 0 Å². The van der Waals surface area contributed by atoms with Crippen LogP contribution in [0.25, 0.3) is 111 Å². The van der Waals surface area contributed by atoms with Gasteiger partial charge in [0.15, 0.2) is 5.82 Å². The summed E-state index contributed by atoms with van der Waals surface area (Å²) in [6, 6.07) is 65.5. The highest BCUT2D eigenvalue weighted by molar-refractivity contribution is 6.27. The number of hydrogen-bond acceptors (Lipinski definition) is 4. The minimum absolute atomic E-state index is 0.719. The van der Waals surface area contributed by atoms with E-state index in [0.29, 0.717) is 0 Å². The van der Waals surface area contributed by atoms with E-state index in [0.717, 1.165) is 105 Å². The molecule has 11 rings (SSSR count). The fourth-order valence-electron chi connectivity index (χ4n) is 8.11. The van der Waals surface area contributed by atoms with Crippen LogP contribution in [-0.4, -0.2) is 15.0 Å². The Hall–Kier alpha value is -7.43. The van der Waals surface area contributed by atoms with Crippen LogP contribution in [-0.2, 0) is 0 Å². The minimum Gasteiger partial charge on any atom is -0.456 e. The van der Waals surface area contributed by atoms with Crippen LogP contribution in [0, 0.1) is 0 Å². The molecule has 0 aliphatic carbocycles. The van der Waals surface area contributed by atoms with E-state index in [1.807, 2.05) is 36.4 Å². The fourth-order valence-corrected chi connectivity index (χ4v) is 8.11. The van der Waals surface area contributed by atoms with Gasteiger partial charge in [0.1, 0.15) is 11.2 Å². The number of fused-ring (bicyclic) bond motifs is 7. The normalized spacial score (nSPS) is 11.6. The van der Waals surface area contributed by atoms with E-state index in [-0.39, 0.29) is 0 Å². The number of hydrogen-bond donors (Lipinski definition) is 0. The van der Waals surface area contributed by atoms with Gasteiger partial charge in [-0.1, -0.05) is 158 Å². The van der Waals surface area contributed by atoms with Crippen molar-refractivity contribution in [2.45, 2.75) is 0 Å². The summed E-state index contributed by atoms with van der Waals surface area (Å²) in [5, 5.41) is 6.61. The molecule has 0 bridgehead atoms. The van der Waals surface area contributed by atoms with Gasteiger partial charge in [-0.2, -0.15) is 0 Å². The summed E-state index contributed by atoms with van der Waals surface area (Å²) in [4.78, 5) is 15.4. The molecule has 11 aromatic rings. The first-order valence-corrected chi connectivity index (χ1v) is 18.5. The van der Waals surface area contributed by atoms with Gasteiger partial charge >= 0.3 is 0 Å². The van der Waals surface area contributed by atoms with E-state index in [4.69, 9.17) is 19.4 Å². The van der Waals surface area contributed by atoms with Gasteiger partial charge < -0.3 is 4.42 Å². The van der Waals surface area contributed by atoms with Crippen molar-refractivity contribution in [2.75, 3.05) is 0 Å². The molecule has 0 amide bonds. The maximum absolute atomic E-state index is 6.59. The molecule has 0 aliphatic heterocycles. The van der Waals surface area contributed by atoms with Gasteiger partial charge in [-0.05, 0) is 47.0 Å². The number of rotatable bonds is 5. The van der Waals surface area contributed by atoms with Crippen LogP contribution in [0.3, 0.4) is 0 Å². The first kappa shape index (κ1) is 31.1. The zero-order valence-electron chi connectivity index (χ0n) is 29.6. The van der Waals surface area contributed by atoms with Gasteiger partial charge in [-0.25, -0.2) is 15.0 Å². The highest BCUT2D eigenvalue weighted by Crippen LogP contribution is 2.46. The Labute approximate surface area is 317 Å². The highest BCUT2D eigenvalue weighted by Gasteiger charge is 2.22. The summed E-state index contributed by atoms with van der Waals surface area (Å²) in [6.45, 7) is 0. The summed E-state index contributed by atoms with van der Waals surface area (Å²) in [7, 11) is 0. The van der Waals surface area contributed by atoms with Gasteiger partial charge in [-0.3, -0.25) is 0 Å². The van der Waals surface area contributed by atoms with Crippen molar-refractivity contribution in [3.63, 3.8) is 0 Å². The van der Waals surface area contributed by atoms with E-state index in [1.165, 1.54) is 5.39 Å². The Bertz CT molecular complexity index is 3240. The maximum Gasteiger partial charge on any atom is 0.160 e. The molecule has 0 saturated heterocycles. The van der Waals surface area contributed by atoms with Crippen molar-refractivity contribution in [3.05, 3.63) is 188 Å². The van der Waals surface area contributed by atoms with Crippen molar-refractivity contribution in [1.29, 1.82) is 0 Å². The molecular formula is C51H31N3O. The highest BCUT2D eigenvalue weighted by atomic mass is 16.3. The molecule has 3 heterocycles. The molecule has 0 spiro atoms.